The van der Waals surface area contributed by atoms with E-state index in [1.807, 2.05) is 12.1 Å². The van der Waals surface area contributed by atoms with Gasteiger partial charge in [0.2, 0.25) is 0 Å². The quantitative estimate of drug-likeness (QED) is 0.337. The molecule has 7 heteroatoms. The molecule has 1 saturated heterocycles. The van der Waals surface area contributed by atoms with Crippen molar-refractivity contribution < 1.29 is 14.2 Å². The summed E-state index contributed by atoms with van der Waals surface area (Å²) in [5.41, 5.74) is 1.39. The number of nitrogens with one attached hydrogen (secondary N) is 2. The van der Waals surface area contributed by atoms with Gasteiger partial charge in [0.15, 0.2) is 5.96 Å². The third-order valence-corrected chi connectivity index (χ3v) is 6.29. The first-order valence-electron chi connectivity index (χ1n) is 11.8. The molecular formula is C24H40N4O3. The normalized spacial score (nSPS) is 19.7. The molecule has 7 nitrogen and oxygen atoms in total. The highest BCUT2D eigenvalue weighted by atomic mass is 16.5. The summed E-state index contributed by atoms with van der Waals surface area (Å²) in [6, 6.07) is 8.14. The highest BCUT2D eigenvalue weighted by Crippen LogP contribution is 2.33. The van der Waals surface area contributed by atoms with Crippen molar-refractivity contribution in [1.82, 2.24) is 15.5 Å². The molecule has 0 atom stereocenters. The van der Waals surface area contributed by atoms with Crippen LogP contribution in [0.3, 0.4) is 0 Å². The van der Waals surface area contributed by atoms with Crippen LogP contribution in [0.15, 0.2) is 29.3 Å². The number of benzene rings is 1. The fourth-order valence-corrected chi connectivity index (χ4v) is 4.55. The van der Waals surface area contributed by atoms with Crippen LogP contribution in [-0.4, -0.2) is 76.1 Å². The summed E-state index contributed by atoms with van der Waals surface area (Å²) in [5, 5.41) is 7.08. The first-order valence-corrected chi connectivity index (χ1v) is 11.8. The van der Waals surface area contributed by atoms with Gasteiger partial charge in [0.05, 0.1) is 26.4 Å². The van der Waals surface area contributed by atoms with E-state index in [1.165, 1.54) is 32.1 Å². The molecule has 0 bridgehead atoms. The van der Waals surface area contributed by atoms with Gasteiger partial charge in [0.1, 0.15) is 12.4 Å². The molecule has 0 aromatic heterocycles. The third kappa shape index (κ3) is 7.37. The second-order valence-corrected chi connectivity index (χ2v) is 8.42. The zero-order valence-corrected chi connectivity index (χ0v) is 19.3. The molecule has 1 aliphatic carbocycles. The standard InChI is InChI=1S/C24H40N4O3/c1-3-25-23(26-19-21-7-9-22(10-8-21)31-18-17-29-2)27-20-24(11-5-4-6-12-24)28-13-15-30-16-14-28/h7-10H,3-6,11-20H2,1-2H3,(H2,25,26,27). The Bertz CT molecular complexity index is 653. The van der Waals surface area contributed by atoms with E-state index in [-0.39, 0.29) is 5.54 Å². The Balaban J connectivity index is 1.58. The molecule has 1 aromatic carbocycles. The van der Waals surface area contributed by atoms with Crippen molar-refractivity contribution >= 4 is 5.96 Å². The summed E-state index contributed by atoms with van der Waals surface area (Å²) in [6.07, 6.45) is 6.48. The van der Waals surface area contributed by atoms with Crippen molar-refractivity contribution in [3.63, 3.8) is 0 Å². The molecule has 0 radical (unpaired) electrons. The van der Waals surface area contributed by atoms with Crippen molar-refractivity contribution in [1.29, 1.82) is 0 Å². The minimum absolute atomic E-state index is 0.222. The number of morpholine rings is 1. The van der Waals surface area contributed by atoms with E-state index in [4.69, 9.17) is 19.2 Å². The minimum atomic E-state index is 0.222. The van der Waals surface area contributed by atoms with Crippen LogP contribution in [0.25, 0.3) is 0 Å². The summed E-state index contributed by atoms with van der Waals surface area (Å²) in [4.78, 5) is 7.50. The van der Waals surface area contributed by atoms with Gasteiger partial charge in [0.25, 0.3) is 0 Å². The fourth-order valence-electron chi connectivity index (χ4n) is 4.55. The van der Waals surface area contributed by atoms with Gasteiger partial charge in [-0.3, -0.25) is 4.90 Å². The van der Waals surface area contributed by atoms with Crippen molar-refractivity contribution in [2.45, 2.75) is 51.1 Å². The lowest BCUT2D eigenvalue weighted by Gasteiger charge is -2.48. The number of aliphatic imine (C=N–C) groups is 1. The van der Waals surface area contributed by atoms with Crippen LogP contribution in [0.1, 0.15) is 44.6 Å². The zero-order chi connectivity index (χ0) is 21.8. The summed E-state index contributed by atoms with van der Waals surface area (Å²) in [6.45, 7) is 9.46. The van der Waals surface area contributed by atoms with Gasteiger partial charge in [-0.05, 0) is 37.5 Å². The van der Waals surface area contributed by atoms with Gasteiger partial charge in [-0.2, -0.15) is 0 Å². The monoisotopic (exact) mass is 432 g/mol. The number of ether oxygens (including phenoxy) is 3. The topological polar surface area (TPSA) is 67.4 Å². The fraction of sp³-hybridized carbons (Fsp3) is 0.708. The number of hydrogen-bond donors (Lipinski definition) is 2. The van der Waals surface area contributed by atoms with Crippen molar-refractivity contribution in [2.75, 3.05) is 59.7 Å². The van der Waals surface area contributed by atoms with Gasteiger partial charge in [-0.25, -0.2) is 4.99 Å². The highest BCUT2D eigenvalue weighted by molar-refractivity contribution is 5.79. The van der Waals surface area contributed by atoms with Crippen LogP contribution in [0.5, 0.6) is 5.75 Å². The van der Waals surface area contributed by atoms with Crippen LogP contribution in [0.4, 0.5) is 0 Å². The van der Waals surface area contributed by atoms with E-state index < -0.39 is 0 Å². The van der Waals surface area contributed by atoms with Crippen molar-refractivity contribution in [3.05, 3.63) is 29.8 Å². The molecule has 3 rings (SSSR count). The molecule has 1 aliphatic heterocycles. The molecule has 1 heterocycles. The largest absolute Gasteiger partial charge is 0.491 e. The van der Waals surface area contributed by atoms with E-state index in [1.54, 1.807) is 7.11 Å². The zero-order valence-electron chi connectivity index (χ0n) is 19.3. The van der Waals surface area contributed by atoms with Crippen LogP contribution >= 0.6 is 0 Å². The molecule has 2 N–H and O–H groups in total. The van der Waals surface area contributed by atoms with Crippen LogP contribution < -0.4 is 15.4 Å². The molecular weight excluding hydrogens is 392 g/mol. The lowest BCUT2D eigenvalue weighted by atomic mass is 9.80. The number of methoxy groups -OCH3 is 1. The Morgan fingerprint density at radius 1 is 1.06 bits per heavy atom. The lowest BCUT2D eigenvalue weighted by Crippen LogP contribution is -2.60. The van der Waals surface area contributed by atoms with E-state index in [0.29, 0.717) is 19.8 Å². The Morgan fingerprint density at radius 3 is 2.48 bits per heavy atom. The Kier molecular flexibility index (Phi) is 9.90. The van der Waals surface area contributed by atoms with Crippen LogP contribution in [0.2, 0.25) is 0 Å². The predicted octanol–water partition coefficient (Wildman–Crippen LogP) is 2.80. The predicted molar refractivity (Wildman–Crippen MR) is 125 cm³/mol. The average molecular weight is 433 g/mol. The molecule has 0 amide bonds. The van der Waals surface area contributed by atoms with Gasteiger partial charge < -0.3 is 24.8 Å². The van der Waals surface area contributed by atoms with E-state index in [9.17, 15) is 0 Å². The van der Waals surface area contributed by atoms with E-state index in [2.05, 4.69) is 34.6 Å². The molecule has 174 valence electrons. The summed E-state index contributed by atoms with van der Waals surface area (Å²) in [5.74, 6) is 1.75. The van der Waals surface area contributed by atoms with Gasteiger partial charge in [-0.15, -0.1) is 0 Å². The molecule has 2 aliphatic rings. The molecule has 0 unspecified atom stereocenters. The first-order chi connectivity index (χ1) is 15.3. The molecule has 1 saturated carbocycles. The smallest absolute Gasteiger partial charge is 0.191 e. The number of rotatable bonds is 10. The number of guanidine groups is 1. The van der Waals surface area contributed by atoms with Gasteiger partial charge in [-0.1, -0.05) is 31.4 Å². The number of nitrogens with zero attached hydrogens (tertiary/aromatic N) is 2. The number of hydrogen-bond acceptors (Lipinski definition) is 5. The van der Waals surface area contributed by atoms with E-state index >= 15 is 0 Å². The Labute approximate surface area is 187 Å². The molecule has 31 heavy (non-hydrogen) atoms. The second-order valence-electron chi connectivity index (χ2n) is 8.42. The highest BCUT2D eigenvalue weighted by Gasteiger charge is 2.38. The Morgan fingerprint density at radius 2 is 1.81 bits per heavy atom. The summed E-state index contributed by atoms with van der Waals surface area (Å²) < 4.78 is 16.3. The Hall–Kier alpha value is -1.83. The molecule has 2 fully saturated rings. The third-order valence-electron chi connectivity index (χ3n) is 6.29. The second kappa shape index (κ2) is 12.9. The summed E-state index contributed by atoms with van der Waals surface area (Å²) in [7, 11) is 1.68. The maximum Gasteiger partial charge on any atom is 0.191 e. The van der Waals surface area contributed by atoms with Gasteiger partial charge in [0, 0.05) is 38.8 Å². The van der Waals surface area contributed by atoms with E-state index in [0.717, 1.165) is 56.7 Å². The van der Waals surface area contributed by atoms with Gasteiger partial charge >= 0.3 is 0 Å². The first kappa shape index (κ1) is 23.8. The molecule has 0 spiro atoms. The molecule has 1 aromatic rings. The van der Waals surface area contributed by atoms with Crippen LogP contribution in [0, 0.1) is 0 Å². The van der Waals surface area contributed by atoms with Crippen LogP contribution in [-0.2, 0) is 16.0 Å². The maximum atomic E-state index is 5.64. The SMILES string of the molecule is CCNC(=NCc1ccc(OCCOC)cc1)NCC1(N2CCOCC2)CCCCC1. The summed E-state index contributed by atoms with van der Waals surface area (Å²) >= 11 is 0. The van der Waals surface area contributed by atoms with Crippen molar-refractivity contribution in [2.24, 2.45) is 4.99 Å². The van der Waals surface area contributed by atoms with Crippen molar-refractivity contribution in [3.8, 4) is 5.75 Å². The lowest BCUT2D eigenvalue weighted by molar-refractivity contribution is -0.0352. The minimum Gasteiger partial charge on any atom is -0.491 e. The average Bonchev–Trinajstić information content (AvgIpc) is 2.83. The maximum absolute atomic E-state index is 5.64.